The summed E-state index contributed by atoms with van der Waals surface area (Å²) < 4.78 is 0. The molecule has 26 heavy (non-hydrogen) atoms. The van der Waals surface area contributed by atoms with Crippen molar-refractivity contribution in [2.45, 2.75) is 26.7 Å². The molecule has 136 valence electrons. The van der Waals surface area contributed by atoms with E-state index >= 15 is 0 Å². The van der Waals surface area contributed by atoms with Crippen LogP contribution in [0.5, 0.6) is 0 Å². The van der Waals surface area contributed by atoms with E-state index in [4.69, 9.17) is 23.2 Å². The minimum absolute atomic E-state index is 0.0181. The van der Waals surface area contributed by atoms with Gasteiger partial charge in [-0.3, -0.25) is 9.59 Å². The lowest BCUT2D eigenvalue weighted by molar-refractivity contribution is -0.124. The van der Waals surface area contributed by atoms with Crippen LogP contribution in [0.15, 0.2) is 41.5 Å². The van der Waals surface area contributed by atoms with Gasteiger partial charge in [0.2, 0.25) is 11.8 Å². The van der Waals surface area contributed by atoms with Crippen molar-refractivity contribution in [3.63, 3.8) is 0 Å². The smallest absolute Gasteiger partial charge is 0.240 e. The first-order valence-corrected chi connectivity index (χ1v) is 8.75. The molecule has 0 atom stereocenters. The lowest BCUT2D eigenvalue weighted by Crippen LogP contribution is -2.20. The average molecular weight is 392 g/mol. The molecule has 2 rings (SSSR count). The lowest BCUT2D eigenvalue weighted by Gasteiger charge is -2.07. The van der Waals surface area contributed by atoms with Crippen LogP contribution in [0.25, 0.3) is 0 Å². The maximum absolute atomic E-state index is 11.9. The maximum Gasteiger partial charge on any atom is 0.240 e. The Hall–Kier alpha value is -2.37. The fraction of sp³-hybridized carbons (Fsp3) is 0.211. The number of hydrogen-bond donors (Lipinski definition) is 2. The molecule has 0 spiro atoms. The van der Waals surface area contributed by atoms with Crippen LogP contribution >= 0.6 is 23.2 Å². The van der Waals surface area contributed by atoms with E-state index in [0.717, 1.165) is 11.1 Å². The number of hydrogen-bond acceptors (Lipinski definition) is 3. The van der Waals surface area contributed by atoms with Crippen molar-refractivity contribution in [2.75, 3.05) is 5.32 Å². The molecule has 2 amide bonds. The van der Waals surface area contributed by atoms with Crippen LogP contribution < -0.4 is 10.7 Å². The van der Waals surface area contributed by atoms with Crippen molar-refractivity contribution < 1.29 is 9.59 Å². The van der Waals surface area contributed by atoms with Crippen molar-refractivity contribution in [2.24, 2.45) is 5.10 Å². The molecule has 0 bridgehead atoms. The first kappa shape index (κ1) is 19.9. The van der Waals surface area contributed by atoms with Gasteiger partial charge in [0.25, 0.3) is 0 Å². The standard InChI is InChI=1S/C19H19Cl2N3O2/c1-12-6-7-14(10-13(12)2)23-18(25)8-9-19(26)24-22-11-15-16(20)4-3-5-17(15)21/h3-7,10-11H,8-9H2,1-2H3,(H,23,25)(H,24,26)/b22-11+. The summed E-state index contributed by atoms with van der Waals surface area (Å²) in [5.74, 6) is -0.610. The largest absolute Gasteiger partial charge is 0.326 e. The fourth-order valence-electron chi connectivity index (χ4n) is 2.13. The van der Waals surface area contributed by atoms with E-state index in [9.17, 15) is 9.59 Å². The van der Waals surface area contributed by atoms with Gasteiger partial charge >= 0.3 is 0 Å². The minimum Gasteiger partial charge on any atom is -0.326 e. The highest BCUT2D eigenvalue weighted by Gasteiger charge is 2.08. The maximum atomic E-state index is 11.9. The Bertz CT molecular complexity index is 830. The van der Waals surface area contributed by atoms with Gasteiger partial charge in [-0.25, -0.2) is 5.43 Å². The number of amides is 2. The van der Waals surface area contributed by atoms with Crippen LogP contribution in [0, 0.1) is 13.8 Å². The number of carbonyl (C=O) groups is 2. The zero-order chi connectivity index (χ0) is 19.1. The van der Waals surface area contributed by atoms with Crippen molar-refractivity contribution in [1.82, 2.24) is 5.43 Å². The molecule has 2 N–H and O–H groups in total. The third-order valence-electron chi connectivity index (χ3n) is 3.75. The number of nitrogens with zero attached hydrogens (tertiary/aromatic N) is 1. The van der Waals surface area contributed by atoms with Crippen LogP contribution in [0.2, 0.25) is 10.0 Å². The summed E-state index contributed by atoms with van der Waals surface area (Å²) in [6.45, 7) is 3.98. The number of carbonyl (C=O) groups excluding carboxylic acids is 2. The van der Waals surface area contributed by atoms with Gasteiger partial charge in [-0.15, -0.1) is 0 Å². The Labute approximate surface area is 162 Å². The summed E-state index contributed by atoms with van der Waals surface area (Å²) in [6.07, 6.45) is 1.45. The highest BCUT2D eigenvalue weighted by atomic mass is 35.5. The van der Waals surface area contributed by atoms with Gasteiger partial charge < -0.3 is 5.32 Å². The van der Waals surface area contributed by atoms with Crippen molar-refractivity contribution in [3.05, 3.63) is 63.1 Å². The third kappa shape index (κ3) is 5.86. The van der Waals surface area contributed by atoms with E-state index in [1.807, 2.05) is 32.0 Å². The molecule has 0 aliphatic carbocycles. The molecule has 0 saturated carbocycles. The number of hydrazone groups is 1. The lowest BCUT2D eigenvalue weighted by atomic mass is 10.1. The predicted octanol–water partition coefficient (Wildman–Crippen LogP) is 4.48. The van der Waals surface area contributed by atoms with Gasteiger partial charge in [-0.05, 0) is 49.2 Å². The molecule has 0 radical (unpaired) electrons. The molecule has 0 unspecified atom stereocenters. The SMILES string of the molecule is Cc1ccc(NC(=O)CCC(=O)N/N=C/c2c(Cl)cccc2Cl)cc1C. The molecular formula is C19H19Cl2N3O2. The predicted molar refractivity (Wildman–Crippen MR) is 106 cm³/mol. The zero-order valence-electron chi connectivity index (χ0n) is 14.5. The third-order valence-corrected chi connectivity index (χ3v) is 4.41. The van der Waals surface area contributed by atoms with Crippen LogP contribution in [0.3, 0.4) is 0 Å². The van der Waals surface area contributed by atoms with E-state index in [2.05, 4.69) is 15.8 Å². The van der Waals surface area contributed by atoms with Gasteiger partial charge in [0.1, 0.15) is 0 Å². The summed E-state index contributed by atoms with van der Waals surface area (Å²) in [5.41, 5.74) is 5.83. The van der Waals surface area contributed by atoms with Gasteiger partial charge in [0.05, 0.1) is 16.3 Å². The zero-order valence-corrected chi connectivity index (χ0v) is 16.0. The van der Waals surface area contributed by atoms with E-state index in [1.54, 1.807) is 18.2 Å². The van der Waals surface area contributed by atoms with Crippen molar-refractivity contribution in [1.29, 1.82) is 0 Å². The van der Waals surface area contributed by atoms with Crippen LogP contribution in [0.1, 0.15) is 29.5 Å². The van der Waals surface area contributed by atoms with Crippen LogP contribution in [0.4, 0.5) is 5.69 Å². The second-order valence-corrected chi connectivity index (χ2v) is 6.59. The molecule has 2 aromatic carbocycles. The molecule has 2 aromatic rings. The van der Waals surface area contributed by atoms with Gasteiger partial charge in [-0.2, -0.15) is 5.10 Å². The summed E-state index contributed by atoms with van der Waals surface area (Å²) in [5, 5.41) is 7.46. The highest BCUT2D eigenvalue weighted by Crippen LogP contribution is 2.22. The topological polar surface area (TPSA) is 70.6 Å². The van der Waals surface area contributed by atoms with E-state index < -0.39 is 0 Å². The number of benzene rings is 2. The van der Waals surface area contributed by atoms with Crippen molar-refractivity contribution >= 4 is 46.9 Å². The molecule has 0 heterocycles. The quantitative estimate of drug-likeness (QED) is 0.562. The van der Waals surface area contributed by atoms with Gasteiger partial charge in [-0.1, -0.05) is 35.3 Å². The molecule has 0 aromatic heterocycles. The molecule has 0 aliphatic rings. The Morgan fingerprint density at radius 2 is 1.65 bits per heavy atom. The Morgan fingerprint density at radius 1 is 1.00 bits per heavy atom. The summed E-state index contributed by atoms with van der Waals surface area (Å²) in [7, 11) is 0. The van der Waals surface area contributed by atoms with Crippen LogP contribution in [-0.4, -0.2) is 18.0 Å². The number of rotatable bonds is 6. The second-order valence-electron chi connectivity index (χ2n) is 5.78. The number of anilines is 1. The molecule has 0 saturated heterocycles. The number of nitrogens with one attached hydrogen (secondary N) is 2. The molecular weight excluding hydrogens is 373 g/mol. The highest BCUT2D eigenvalue weighted by molar-refractivity contribution is 6.38. The second kappa shape index (κ2) is 9.36. The molecule has 5 nitrogen and oxygen atoms in total. The summed E-state index contributed by atoms with van der Waals surface area (Å²) in [4.78, 5) is 23.7. The first-order valence-electron chi connectivity index (χ1n) is 8.00. The van der Waals surface area contributed by atoms with Gasteiger partial charge in [0, 0.05) is 24.1 Å². The number of aryl methyl sites for hydroxylation is 2. The molecule has 0 aliphatic heterocycles. The van der Waals surface area contributed by atoms with Crippen molar-refractivity contribution in [3.8, 4) is 0 Å². The summed E-state index contributed by atoms with van der Waals surface area (Å²) in [6, 6.07) is 10.7. The normalized spacial score (nSPS) is 10.8. The van der Waals surface area contributed by atoms with Gasteiger partial charge in [0.15, 0.2) is 0 Å². The number of halogens is 2. The van der Waals surface area contributed by atoms with E-state index in [1.165, 1.54) is 6.21 Å². The van der Waals surface area contributed by atoms with E-state index in [0.29, 0.717) is 21.3 Å². The Morgan fingerprint density at radius 3 is 2.31 bits per heavy atom. The monoisotopic (exact) mass is 391 g/mol. The Kier molecular flexibility index (Phi) is 7.18. The summed E-state index contributed by atoms with van der Waals surface area (Å²) >= 11 is 12.0. The molecule has 0 fully saturated rings. The average Bonchev–Trinajstić information content (AvgIpc) is 2.59. The first-order chi connectivity index (χ1) is 12.4. The van der Waals surface area contributed by atoms with E-state index in [-0.39, 0.29) is 24.7 Å². The fourth-order valence-corrected chi connectivity index (χ4v) is 2.62. The van der Waals surface area contributed by atoms with Crippen LogP contribution in [-0.2, 0) is 9.59 Å². The molecule has 7 heteroatoms. The Balaban J connectivity index is 1.80. The minimum atomic E-state index is -0.375.